The molecule has 7 heteroatoms. The van der Waals surface area contributed by atoms with E-state index in [-0.39, 0.29) is 30.3 Å². The molecule has 1 aliphatic heterocycles. The molecule has 3 N–H and O–H groups in total. The largest absolute Gasteiger partial charge is 0.396 e. The standard InChI is InChI=1S/C23H28N4O2.ClH/c1-23(14-28)10-12-26(13-11-23)22-16-7-3-2-6-15(16)19(20(24)29)21-25-17-8-4-5-9-18(17)27(21)22;/h4-5,8-9,28H,2-3,6-7,10-14H2,1H3,(H2,24,29);1H. The Hall–Kier alpha value is -2.31. The number of carbonyl (C=O) groups is 1. The molecule has 0 spiro atoms. The van der Waals surface area contributed by atoms with Crippen LogP contribution in [0.4, 0.5) is 5.82 Å². The van der Waals surface area contributed by atoms with Crippen LogP contribution in [0.5, 0.6) is 0 Å². The number of hydrogen-bond donors (Lipinski definition) is 2. The zero-order chi connectivity index (χ0) is 20.2. The highest BCUT2D eigenvalue weighted by Crippen LogP contribution is 2.40. The number of pyridine rings is 1. The maximum atomic E-state index is 12.5. The molecule has 6 nitrogen and oxygen atoms in total. The number of fused-ring (bicyclic) bond motifs is 4. The molecule has 1 aliphatic carbocycles. The predicted octanol–water partition coefficient (Wildman–Crippen LogP) is 3.49. The third-order valence-electron chi connectivity index (χ3n) is 6.93. The van der Waals surface area contributed by atoms with Crippen molar-refractivity contribution in [1.82, 2.24) is 9.38 Å². The normalized spacial score (nSPS) is 18.3. The fraction of sp³-hybridized carbons (Fsp3) is 0.478. The van der Waals surface area contributed by atoms with E-state index in [9.17, 15) is 9.90 Å². The first kappa shape index (κ1) is 20.9. The van der Waals surface area contributed by atoms with E-state index in [0.717, 1.165) is 68.2 Å². The van der Waals surface area contributed by atoms with E-state index < -0.39 is 0 Å². The molecule has 0 unspecified atom stereocenters. The Balaban J connectivity index is 0.00000218. The number of amides is 1. The first-order valence-electron chi connectivity index (χ1n) is 10.6. The molecule has 0 bridgehead atoms. The Morgan fingerprint density at radius 1 is 1.17 bits per heavy atom. The number of aromatic nitrogens is 2. The van der Waals surface area contributed by atoms with E-state index >= 15 is 0 Å². The fourth-order valence-corrected chi connectivity index (χ4v) is 5.11. The van der Waals surface area contributed by atoms with Crippen molar-refractivity contribution in [2.45, 2.75) is 45.4 Å². The lowest BCUT2D eigenvalue weighted by atomic mass is 9.81. The number of nitrogens with zero attached hydrogens (tertiary/aromatic N) is 3. The molecular weight excluding hydrogens is 400 g/mol. The van der Waals surface area contributed by atoms with E-state index in [0.29, 0.717) is 11.2 Å². The summed E-state index contributed by atoms with van der Waals surface area (Å²) >= 11 is 0. The Morgan fingerprint density at radius 2 is 1.83 bits per heavy atom. The minimum atomic E-state index is -0.387. The molecule has 1 fully saturated rings. The number of rotatable bonds is 3. The van der Waals surface area contributed by atoms with Gasteiger partial charge < -0.3 is 15.7 Å². The average molecular weight is 429 g/mol. The van der Waals surface area contributed by atoms with Gasteiger partial charge in [-0.1, -0.05) is 19.1 Å². The van der Waals surface area contributed by atoms with Crippen LogP contribution in [0.2, 0.25) is 0 Å². The summed E-state index contributed by atoms with van der Waals surface area (Å²) in [6, 6.07) is 8.06. The molecule has 2 aromatic heterocycles. The van der Waals surface area contributed by atoms with E-state index in [4.69, 9.17) is 10.7 Å². The van der Waals surface area contributed by atoms with Crippen LogP contribution < -0.4 is 10.6 Å². The first-order chi connectivity index (χ1) is 14.0. The van der Waals surface area contributed by atoms with E-state index in [1.165, 1.54) is 11.4 Å². The van der Waals surface area contributed by atoms with Gasteiger partial charge in [0.1, 0.15) is 5.82 Å². The molecule has 2 aliphatic rings. The van der Waals surface area contributed by atoms with Crippen LogP contribution >= 0.6 is 12.4 Å². The molecule has 160 valence electrons. The molecule has 1 saturated heterocycles. The second kappa shape index (κ2) is 7.75. The number of aliphatic hydroxyl groups excluding tert-OH is 1. The van der Waals surface area contributed by atoms with Crippen molar-refractivity contribution in [2.75, 3.05) is 24.6 Å². The number of imidazole rings is 1. The molecule has 0 atom stereocenters. The molecule has 3 heterocycles. The van der Waals surface area contributed by atoms with Gasteiger partial charge >= 0.3 is 0 Å². The molecule has 3 aromatic rings. The zero-order valence-corrected chi connectivity index (χ0v) is 18.2. The van der Waals surface area contributed by atoms with Gasteiger partial charge in [-0.05, 0) is 67.2 Å². The smallest absolute Gasteiger partial charge is 0.252 e. The number of nitrogens with two attached hydrogens (primary N) is 1. The van der Waals surface area contributed by atoms with Crippen LogP contribution in [-0.4, -0.2) is 40.1 Å². The number of carbonyl (C=O) groups excluding carboxylic acids is 1. The lowest BCUT2D eigenvalue weighted by Gasteiger charge is -2.41. The SMILES string of the molecule is CC1(CO)CCN(c2c3c(c(C(N)=O)c4nc5ccccc5n24)CCCC3)CC1.Cl. The minimum absolute atomic E-state index is 0. The van der Waals surface area contributed by atoms with Gasteiger partial charge in [-0.25, -0.2) is 4.98 Å². The van der Waals surface area contributed by atoms with Crippen LogP contribution in [0.15, 0.2) is 24.3 Å². The Morgan fingerprint density at radius 3 is 2.50 bits per heavy atom. The van der Waals surface area contributed by atoms with E-state index in [1.54, 1.807) is 0 Å². The average Bonchev–Trinajstić information content (AvgIpc) is 3.11. The Labute approximate surface area is 182 Å². The number of aliphatic hydroxyl groups is 1. The summed E-state index contributed by atoms with van der Waals surface area (Å²) in [5, 5.41) is 9.79. The maximum Gasteiger partial charge on any atom is 0.252 e. The van der Waals surface area contributed by atoms with Gasteiger partial charge in [0.15, 0.2) is 5.65 Å². The molecule has 1 aromatic carbocycles. The van der Waals surface area contributed by atoms with Crippen LogP contribution in [0.25, 0.3) is 16.7 Å². The van der Waals surface area contributed by atoms with Gasteiger partial charge in [0.2, 0.25) is 0 Å². The number of hydrogen-bond acceptors (Lipinski definition) is 4. The van der Waals surface area contributed by atoms with Crippen molar-refractivity contribution in [3.8, 4) is 0 Å². The third kappa shape index (κ3) is 3.13. The lowest BCUT2D eigenvalue weighted by Crippen LogP contribution is -2.42. The summed E-state index contributed by atoms with van der Waals surface area (Å²) < 4.78 is 2.17. The van der Waals surface area contributed by atoms with E-state index in [2.05, 4.69) is 22.3 Å². The zero-order valence-electron chi connectivity index (χ0n) is 17.4. The summed E-state index contributed by atoms with van der Waals surface area (Å²) in [5.74, 6) is 0.787. The predicted molar refractivity (Wildman–Crippen MR) is 122 cm³/mol. The second-order valence-corrected chi connectivity index (χ2v) is 8.94. The van der Waals surface area contributed by atoms with Crippen molar-refractivity contribution in [2.24, 2.45) is 11.1 Å². The number of piperidine rings is 1. The van der Waals surface area contributed by atoms with Gasteiger partial charge in [-0.3, -0.25) is 9.20 Å². The van der Waals surface area contributed by atoms with E-state index in [1.807, 2.05) is 18.2 Å². The van der Waals surface area contributed by atoms with Gasteiger partial charge in [0.05, 0.1) is 16.6 Å². The van der Waals surface area contributed by atoms with Crippen LogP contribution in [0, 0.1) is 5.41 Å². The topological polar surface area (TPSA) is 83.9 Å². The summed E-state index contributed by atoms with van der Waals surface area (Å²) in [6.07, 6.45) is 5.93. The highest BCUT2D eigenvalue weighted by molar-refractivity contribution is 6.03. The fourth-order valence-electron chi connectivity index (χ4n) is 5.11. The van der Waals surface area contributed by atoms with Gasteiger partial charge in [0, 0.05) is 19.7 Å². The number of anilines is 1. The first-order valence-corrected chi connectivity index (χ1v) is 10.6. The number of primary amides is 1. The molecule has 5 rings (SSSR count). The molecular formula is C23H29ClN4O2. The lowest BCUT2D eigenvalue weighted by molar-refractivity contribution is 0.1000. The van der Waals surface area contributed by atoms with Crippen molar-refractivity contribution in [3.63, 3.8) is 0 Å². The summed E-state index contributed by atoms with van der Waals surface area (Å²) in [4.78, 5) is 19.8. The van der Waals surface area contributed by atoms with Gasteiger partial charge in [0.25, 0.3) is 5.91 Å². The molecule has 30 heavy (non-hydrogen) atoms. The van der Waals surface area contributed by atoms with Gasteiger partial charge in [-0.2, -0.15) is 0 Å². The third-order valence-corrected chi connectivity index (χ3v) is 6.93. The Kier molecular flexibility index (Phi) is 5.41. The molecule has 0 radical (unpaired) electrons. The van der Waals surface area contributed by atoms with Crippen molar-refractivity contribution >= 4 is 40.8 Å². The van der Waals surface area contributed by atoms with Crippen LogP contribution in [-0.2, 0) is 12.8 Å². The molecule has 0 saturated carbocycles. The Bertz CT molecular complexity index is 1120. The number of benzene rings is 1. The van der Waals surface area contributed by atoms with Crippen molar-refractivity contribution in [3.05, 3.63) is 41.0 Å². The summed E-state index contributed by atoms with van der Waals surface area (Å²) in [6.45, 7) is 4.17. The maximum absolute atomic E-state index is 12.5. The van der Waals surface area contributed by atoms with Crippen LogP contribution in [0.1, 0.15) is 54.1 Å². The minimum Gasteiger partial charge on any atom is -0.396 e. The van der Waals surface area contributed by atoms with Crippen LogP contribution in [0.3, 0.4) is 0 Å². The number of halogens is 1. The second-order valence-electron chi connectivity index (χ2n) is 8.94. The number of para-hydroxylation sites is 2. The quantitative estimate of drug-likeness (QED) is 0.668. The monoisotopic (exact) mass is 428 g/mol. The van der Waals surface area contributed by atoms with Gasteiger partial charge in [-0.15, -0.1) is 12.4 Å². The highest BCUT2D eigenvalue weighted by Gasteiger charge is 2.34. The van der Waals surface area contributed by atoms with Crippen molar-refractivity contribution in [1.29, 1.82) is 0 Å². The highest BCUT2D eigenvalue weighted by atomic mass is 35.5. The summed E-state index contributed by atoms with van der Waals surface area (Å²) in [7, 11) is 0. The summed E-state index contributed by atoms with van der Waals surface area (Å²) in [5.41, 5.74) is 11.4. The molecule has 1 amide bonds. The van der Waals surface area contributed by atoms with Crippen molar-refractivity contribution < 1.29 is 9.90 Å².